The average molecular weight is 320 g/mol. The van der Waals surface area contributed by atoms with Crippen LogP contribution in [0.3, 0.4) is 0 Å². The van der Waals surface area contributed by atoms with Crippen LogP contribution in [0.5, 0.6) is 0 Å². The van der Waals surface area contributed by atoms with Gasteiger partial charge in [-0.15, -0.1) is 0 Å². The standard InChI is InChI=1S/C17H15F3N2O/c1-3-16(23)22-11(2)12-4-6-13(7-5-12)14-8-9-21-15(10-14)17(18,19)20/h3-11H,1H2,2H3,(H,22,23)/t11-/m1/s1. The zero-order valence-corrected chi connectivity index (χ0v) is 12.4. The molecule has 2 aromatic rings. The van der Waals surface area contributed by atoms with E-state index in [1.165, 1.54) is 12.1 Å². The second-order valence-corrected chi connectivity index (χ2v) is 4.98. The van der Waals surface area contributed by atoms with Crippen LogP contribution in [0.15, 0.2) is 55.3 Å². The SMILES string of the molecule is C=CC(=O)N[C@H](C)c1ccc(-c2ccnc(C(F)(F)F)c2)cc1. The monoisotopic (exact) mass is 320 g/mol. The number of hydrogen-bond acceptors (Lipinski definition) is 2. The van der Waals surface area contributed by atoms with Gasteiger partial charge in [0.2, 0.25) is 5.91 Å². The molecule has 0 aliphatic carbocycles. The van der Waals surface area contributed by atoms with Gasteiger partial charge in [0.05, 0.1) is 6.04 Å². The molecule has 23 heavy (non-hydrogen) atoms. The Labute approximate surface area is 131 Å². The molecule has 0 radical (unpaired) electrons. The van der Waals surface area contributed by atoms with Gasteiger partial charge in [0.25, 0.3) is 0 Å². The highest BCUT2D eigenvalue weighted by atomic mass is 19.4. The maximum Gasteiger partial charge on any atom is 0.433 e. The normalized spacial score (nSPS) is 12.5. The summed E-state index contributed by atoms with van der Waals surface area (Å²) in [7, 11) is 0. The largest absolute Gasteiger partial charge is 0.433 e. The van der Waals surface area contributed by atoms with Gasteiger partial charge in [-0.05, 0) is 41.8 Å². The van der Waals surface area contributed by atoms with Gasteiger partial charge in [0.15, 0.2) is 0 Å². The van der Waals surface area contributed by atoms with Crippen molar-refractivity contribution in [3.63, 3.8) is 0 Å². The van der Waals surface area contributed by atoms with Crippen molar-refractivity contribution < 1.29 is 18.0 Å². The van der Waals surface area contributed by atoms with Crippen LogP contribution in [0.25, 0.3) is 11.1 Å². The summed E-state index contributed by atoms with van der Waals surface area (Å²) in [6, 6.07) is 9.25. The van der Waals surface area contributed by atoms with Crippen molar-refractivity contribution in [2.24, 2.45) is 0 Å². The molecule has 1 aromatic carbocycles. The number of halogens is 3. The van der Waals surface area contributed by atoms with Crippen molar-refractivity contribution in [1.82, 2.24) is 10.3 Å². The third-order valence-corrected chi connectivity index (χ3v) is 3.34. The number of nitrogens with one attached hydrogen (secondary N) is 1. The summed E-state index contributed by atoms with van der Waals surface area (Å²) in [6.07, 6.45) is -2.15. The lowest BCUT2D eigenvalue weighted by molar-refractivity contribution is -0.141. The summed E-state index contributed by atoms with van der Waals surface area (Å²) in [5.74, 6) is -0.287. The minimum atomic E-state index is -4.47. The van der Waals surface area contributed by atoms with E-state index in [1.54, 1.807) is 24.3 Å². The van der Waals surface area contributed by atoms with Gasteiger partial charge in [-0.3, -0.25) is 9.78 Å². The molecule has 1 atom stereocenters. The molecule has 0 saturated heterocycles. The maximum absolute atomic E-state index is 12.7. The van der Waals surface area contributed by atoms with E-state index in [0.29, 0.717) is 11.1 Å². The summed E-state index contributed by atoms with van der Waals surface area (Å²) in [5, 5.41) is 2.72. The third kappa shape index (κ3) is 4.18. The van der Waals surface area contributed by atoms with Crippen LogP contribution >= 0.6 is 0 Å². The third-order valence-electron chi connectivity index (χ3n) is 3.34. The highest BCUT2D eigenvalue weighted by Crippen LogP contribution is 2.30. The Bertz CT molecular complexity index is 709. The summed E-state index contributed by atoms with van der Waals surface area (Å²) in [4.78, 5) is 14.6. The van der Waals surface area contributed by atoms with E-state index < -0.39 is 11.9 Å². The topological polar surface area (TPSA) is 42.0 Å². The summed E-state index contributed by atoms with van der Waals surface area (Å²) in [6.45, 7) is 5.19. The minimum absolute atomic E-state index is 0.224. The summed E-state index contributed by atoms with van der Waals surface area (Å²) in [5.41, 5.74) is 0.991. The summed E-state index contributed by atoms with van der Waals surface area (Å²) < 4.78 is 38.1. The molecular weight excluding hydrogens is 305 g/mol. The van der Waals surface area contributed by atoms with E-state index in [4.69, 9.17) is 0 Å². The molecule has 0 aliphatic rings. The predicted molar refractivity (Wildman–Crippen MR) is 81.4 cm³/mol. The zero-order chi connectivity index (χ0) is 17.0. The van der Waals surface area contributed by atoms with Crippen LogP contribution in [-0.4, -0.2) is 10.9 Å². The Morgan fingerprint density at radius 3 is 2.43 bits per heavy atom. The first-order chi connectivity index (χ1) is 10.8. The molecular formula is C17H15F3N2O. The van der Waals surface area contributed by atoms with Crippen molar-refractivity contribution in [1.29, 1.82) is 0 Å². The van der Waals surface area contributed by atoms with Crippen molar-refractivity contribution in [3.8, 4) is 11.1 Å². The Hall–Kier alpha value is -2.63. The molecule has 0 spiro atoms. The summed E-state index contributed by atoms with van der Waals surface area (Å²) >= 11 is 0. The molecule has 1 amide bonds. The molecule has 1 heterocycles. The number of rotatable bonds is 4. The number of pyridine rings is 1. The lowest BCUT2D eigenvalue weighted by Gasteiger charge is -2.14. The molecule has 2 rings (SSSR count). The van der Waals surface area contributed by atoms with E-state index in [2.05, 4.69) is 16.9 Å². The maximum atomic E-state index is 12.7. The Kier molecular flexibility index (Phi) is 4.83. The molecule has 0 fully saturated rings. The quantitative estimate of drug-likeness (QED) is 0.861. The fourth-order valence-corrected chi connectivity index (χ4v) is 2.09. The lowest BCUT2D eigenvalue weighted by Crippen LogP contribution is -2.24. The van der Waals surface area contributed by atoms with Gasteiger partial charge in [0, 0.05) is 6.20 Å². The van der Waals surface area contributed by atoms with Crippen molar-refractivity contribution >= 4 is 5.91 Å². The second-order valence-electron chi connectivity index (χ2n) is 4.98. The van der Waals surface area contributed by atoms with Gasteiger partial charge in [-0.2, -0.15) is 13.2 Å². The first-order valence-electron chi connectivity index (χ1n) is 6.88. The Morgan fingerprint density at radius 1 is 1.22 bits per heavy atom. The van der Waals surface area contributed by atoms with Crippen molar-refractivity contribution in [2.45, 2.75) is 19.1 Å². The number of hydrogen-bond donors (Lipinski definition) is 1. The first kappa shape index (κ1) is 16.7. The highest BCUT2D eigenvalue weighted by Gasteiger charge is 2.32. The van der Waals surface area contributed by atoms with Crippen LogP contribution in [0.4, 0.5) is 13.2 Å². The molecule has 1 aromatic heterocycles. The van der Waals surface area contributed by atoms with Crippen molar-refractivity contribution in [2.75, 3.05) is 0 Å². The molecule has 0 unspecified atom stereocenters. The molecule has 0 bridgehead atoms. The predicted octanol–water partition coefficient (Wildman–Crippen LogP) is 4.13. The molecule has 0 saturated carbocycles. The number of carbonyl (C=O) groups excluding carboxylic acids is 1. The molecule has 120 valence electrons. The van der Waals surface area contributed by atoms with Crippen molar-refractivity contribution in [3.05, 3.63) is 66.5 Å². The van der Waals surface area contributed by atoms with Crippen LogP contribution in [0.1, 0.15) is 24.2 Å². The molecule has 3 nitrogen and oxygen atoms in total. The number of nitrogens with zero attached hydrogens (tertiary/aromatic N) is 1. The van der Waals surface area contributed by atoms with Gasteiger partial charge in [-0.25, -0.2) is 0 Å². The number of amides is 1. The highest BCUT2D eigenvalue weighted by molar-refractivity contribution is 5.87. The minimum Gasteiger partial charge on any atom is -0.346 e. The molecule has 6 heteroatoms. The van der Waals surface area contributed by atoms with E-state index >= 15 is 0 Å². The lowest BCUT2D eigenvalue weighted by atomic mass is 10.0. The van der Waals surface area contributed by atoms with Crippen LogP contribution in [0, 0.1) is 0 Å². The fourth-order valence-electron chi connectivity index (χ4n) is 2.09. The Balaban J connectivity index is 2.23. The van der Waals surface area contributed by atoms with Crippen LogP contribution < -0.4 is 5.32 Å². The first-order valence-corrected chi connectivity index (χ1v) is 6.88. The molecule has 1 N–H and O–H groups in total. The second kappa shape index (κ2) is 6.64. The van der Waals surface area contributed by atoms with E-state index in [0.717, 1.165) is 17.8 Å². The molecule has 0 aliphatic heterocycles. The van der Waals surface area contributed by atoms with Crippen LogP contribution in [0.2, 0.25) is 0 Å². The van der Waals surface area contributed by atoms with Gasteiger partial charge < -0.3 is 5.32 Å². The number of aromatic nitrogens is 1. The van der Waals surface area contributed by atoms with E-state index in [1.807, 2.05) is 6.92 Å². The van der Waals surface area contributed by atoms with Gasteiger partial charge >= 0.3 is 6.18 Å². The van der Waals surface area contributed by atoms with Gasteiger partial charge in [-0.1, -0.05) is 30.8 Å². The fraction of sp³-hybridized carbons (Fsp3) is 0.176. The van der Waals surface area contributed by atoms with E-state index in [9.17, 15) is 18.0 Å². The van der Waals surface area contributed by atoms with E-state index in [-0.39, 0.29) is 11.9 Å². The zero-order valence-electron chi connectivity index (χ0n) is 12.4. The van der Waals surface area contributed by atoms with Gasteiger partial charge in [0.1, 0.15) is 5.69 Å². The number of carbonyl (C=O) groups is 1. The number of benzene rings is 1. The van der Waals surface area contributed by atoms with Crippen LogP contribution in [-0.2, 0) is 11.0 Å². The smallest absolute Gasteiger partial charge is 0.346 e. The average Bonchev–Trinajstić information content (AvgIpc) is 2.54. The number of alkyl halides is 3. The Morgan fingerprint density at radius 2 is 1.87 bits per heavy atom.